The molecule has 1 atom stereocenters. The Labute approximate surface area is 127 Å². The van der Waals surface area contributed by atoms with E-state index in [1.807, 2.05) is 19.2 Å². The molecule has 0 fully saturated rings. The maximum atomic E-state index is 5.20. The second kappa shape index (κ2) is 7.14. The third-order valence-electron chi connectivity index (χ3n) is 3.80. The zero-order chi connectivity index (χ0) is 15.2. The monoisotopic (exact) mass is 284 g/mol. The van der Waals surface area contributed by atoms with Gasteiger partial charge in [-0.2, -0.15) is 0 Å². The van der Waals surface area contributed by atoms with Crippen LogP contribution in [0.1, 0.15) is 17.2 Å². The Morgan fingerprint density at radius 2 is 1.67 bits per heavy atom. The summed E-state index contributed by atoms with van der Waals surface area (Å²) in [7, 11) is 5.81. The maximum absolute atomic E-state index is 5.20. The van der Waals surface area contributed by atoms with Gasteiger partial charge in [0.05, 0.1) is 7.11 Å². The lowest BCUT2D eigenvalue weighted by molar-refractivity contribution is 0.415. The minimum Gasteiger partial charge on any atom is -0.497 e. The normalized spacial score (nSPS) is 12.0. The fourth-order valence-corrected chi connectivity index (χ4v) is 2.38. The van der Waals surface area contributed by atoms with Gasteiger partial charge in [0.15, 0.2) is 0 Å². The Balaban J connectivity index is 2.08. The topological polar surface area (TPSA) is 24.5 Å². The van der Waals surface area contributed by atoms with Crippen molar-refractivity contribution in [3.05, 3.63) is 59.7 Å². The van der Waals surface area contributed by atoms with Crippen molar-refractivity contribution in [2.24, 2.45) is 0 Å². The molecule has 1 N–H and O–H groups in total. The van der Waals surface area contributed by atoms with Crippen LogP contribution in [0.5, 0.6) is 5.75 Å². The van der Waals surface area contributed by atoms with Gasteiger partial charge in [0.2, 0.25) is 0 Å². The smallest absolute Gasteiger partial charge is 0.119 e. The van der Waals surface area contributed by atoms with Gasteiger partial charge < -0.3 is 15.0 Å². The van der Waals surface area contributed by atoms with Gasteiger partial charge in [-0.1, -0.05) is 29.8 Å². The highest BCUT2D eigenvalue weighted by atomic mass is 16.5. The van der Waals surface area contributed by atoms with Crippen molar-refractivity contribution in [1.29, 1.82) is 0 Å². The van der Waals surface area contributed by atoms with Gasteiger partial charge in [-0.15, -0.1) is 0 Å². The van der Waals surface area contributed by atoms with Gasteiger partial charge in [-0.25, -0.2) is 0 Å². The standard InChI is InChI=1S/C18H24N2O/c1-14-5-7-15(8-6-14)18(19-2)13-20(3)16-9-11-17(21-4)12-10-16/h5-12,18-19H,13H2,1-4H3. The zero-order valence-electron chi connectivity index (χ0n) is 13.3. The maximum Gasteiger partial charge on any atom is 0.119 e. The number of hydrogen-bond donors (Lipinski definition) is 1. The molecule has 3 nitrogen and oxygen atoms in total. The van der Waals surface area contributed by atoms with Crippen molar-refractivity contribution in [3.63, 3.8) is 0 Å². The van der Waals surface area contributed by atoms with E-state index in [1.165, 1.54) is 16.8 Å². The second-order valence-corrected chi connectivity index (χ2v) is 5.33. The molecule has 0 aromatic heterocycles. The summed E-state index contributed by atoms with van der Waals surface area (Å²) in [6.07, 6.45) is 0. The molecule has 2 aromatic rings. The lowest BCUT2D eigenvalue weighted by Gasteiger charge is -2.26. The number of hydrogen-bond acceptors (Lipinski definition) is 3. The number of methoxy groups -OCH3 is 1. The van der Waals surface area contributed by atoms with Crippen molar-refractivity contribution < 1.29 is 4.74 Å². The molecule has 1 unspecified atom stereocenters. The average molecular weight is 284 g/mol. The first-order valence-electron chi connectivity index (χ1n) is 7.23. The molecule has 0 saturated carbocycles. The Hall–Kier alpha value is -2.00. The molecule has 0 aliphatic heterocycles. The lowest BCUT2D eigenvalue weighted by atomic mass is 10.0. The molecule has 0 bridgehead atoms. The average Bonchev–Trinajstić information content (AvgIpc) is 2.53. The van der Waals surface area contributed by atoms with Crippen LogP contribution >= 0.6 is 0 Å². The highest BCUT2D eigenvalue weighted by Crippen LogP contribution is 2.21. The molecule has 0 aliphatic rings. The third-order valence-corrected chi connectivity index (χ3v) is 3.80. The number of benzene rings is 2. The van der Waals surface area contributed by atoms with E-state index in [0.717, 1.165) is 12.3 Å². The number of aryl methyl sites for hydroxylation is 1. The first-order valence-corrected chi connectivity index (χ1v) is 7.23. The van der Waals surface area contributed by atoms with E-state index in [0.29, 0.717) is 6.04 Å². The van der Waals surface area contributed by atoms with Crippen molar-refractivity contribution in [2.45, 2.75) is 13.0 Å². The predicted molar refractivity (Wildman–Crippen MR) is 89.2 cm³/mol. The lowest BCUT2D eigenvalue weighted by Crippen LogP contribution is -2.31. The Kier molecular flexibility index (Phi) is 5.23. The summed E-state index contributed by atoms with van der Waals surface area (Å²) in [6, 6.07) is 17.2. The number of ether oxygens (including phenoxy) is 1. The number of anilines is 1. The summed E-state index contributed by atoms with van der Waals surface area (Å²) in [5, 5.41) is 3.39. The summed E-state index contributed by atoms with van der Waals surface area (Å²) < 4.78 is 5.20. The van der Waals surface area contributed by atoms with Crippen molar-refractivity contribution in [1.82, 2.24) is 5.32 Å². The highest BCUT2D eigenvalue weighted by molar-refractivity contribution is 5.48. The molecular weight excluding hydrogens is 260 g/mol. The summed E-state index contributed by atoms with van der Waals surface area (Å²) in [6.45, 7) is 3.02. The molecule has 0 amide bonds. The van der Waals surface area contributed by atoms with Gasteiger partial charge in [-0.05, 0) is 43.8 Å². The van der Waals surface area contributed by atoms with E-state index in [4.69, 9.17) is 4.74 Å². The van der Waals surface area contributed by atoms with Crippen LogP contribution in [0.2, 0.25) is 0 Å². The molecular formula is C18H24N2O. The minimum atomic E-state index is 0.303. The minimum absolute atomic E-state index is 0.303. The highest BCUT2D eigenvalue weighted by Gasteiger charge is 2.12. The molecule has 0 radical (unpaired) electrons. The molecule has 2 aromatic carbocycles. The number of nitrogens with one attached hydrogen (secondary N) is 1. The number of nitrogens with zero attached hydrogens (tertiary/aromatic N) is 1. The molecule has 3 heteroatoms. The van der Waals surface area contributed by atoms with Crippen LogP contribution in [0.3, 0.4) is 0 Å². The quantitative estimate of drug-likeness (QED) is 0.880. The zero-order valence-corrected chi connectivity index (χ0v) is 13.3. The first kappa shape index (κ1) is 15.4. The van der Waals surface area contributed by atoms with E-state index in [9.17, 15) is 0 Å². The van der Waals surface area contributed by atoms with Crippen LogP contribution in [0, 0.1) is 6.92 Å². The summed E-state index contributed by atoms with van der Waals surface area (Å²) >= 11 is 0. The Morgan fingerprint density at radius 3 is 2.19 bits per heavy atom. The van der Waals surface area contributed by atoms with Gasteiger partial charge in [0.1, 0.15) is 5.75 Å². The number of rotatable bonds is 6. The van der Waals surface area contributed by atoms with Crippen LogP contribution in [-0.2, 0) is 0 Å². The van der Waals surface area contributed by atoms with E-state index in [2.05, 4.69) is 60.6 Å². The predicted octanol–water partition coefficient (Wildman–Crippen LogP) is 3.40. The van der Waals surface area contributed by atoms with E-state index in [-0.39, 0.29) is 0 Å². The van der Waals surface area contributed by atoms with E-state index >= 15 is 0 Å². The Morgan fingerprint density at radius 1 is 1.05 bits per heavy atom. The largest absolute Gasteiger partial charge is 0.497 e. The summed E-state index contributed by atoms with van der Waals surface area (Å²) in [4.78, 5) is 2.25. The van der Waals surface area contributed by atoms with Crippen molar-refractivity contribution in [2.75, 3.05) is 32.6 Å². The molecule has 0 saturated heterocycles. The van der Waals surface area contributed by atoms with Gasteiger partial charge in [0.25, 0.3) is 0 Å². The molecule has 0 aliphatic carbocycles. The molecule has 21 heavy (non-hydrogen) atoms. The van der Waals surface area contributed by atoms with Crippen LogP contribution < -0.4 is 15.0 Å². The SMILES string of the molecule is CNC(CN(C)c1ccc(OC)cc1)c1ccc(C)cc1. The van der Waals surface area contributed by atoms with Gasteiger partial charge >= 0.3 is 0 Å². The van der Waals surface area contributed by atoms with E-state index < -0.39 is 0 Å². The fourth-order valence-electron chi connectivity index (χ4n) is 2.38. The third kappa shape index (κ3) is 3.99. The van der Waals surface area contributed by atoms with Crippen LogP contribution in [0.4, 0.5) is 5.69 Å². The van der Waals surface area contributed by atoms with Crippen LogP contribution in [0.25, 0.3) is 0 Å². The molecule has 2 rings (SSSR count). The molecule has 112 valence electrons. The van der Waals surface area contributed by atoms with E-state index in [1.54, 1.807) is 7.11 Å². The van der Waals surface area contributed by atoms with Crippen LogP contribution in [0.15, 0.2) is 48.5 Å². The van der Waals surface area contributed by atoms with Crippen molar-refractivity contribution >= 4 is 5.69 Å². The summed E-state index contributed by atoms with van der Waals surface area (Å²) in [5.41, 5.74) is 3.78. The fraction of sp³-hybridized carbons (Fsp3) is 0.333. The van der Waals surface area contributed by atoms with Gasteiger partial charge in [0, 0.05) is 25.3 Å². The first-order chi connectivity index (χ1) is 10.1. The second-order valence-electron chi connectivity index (χ2n) is 5.33. The molecule has 0 spiro atoms. The summed E-state index contributed by atoms with van der Waals surface area (Å²) in [5.74, 6) is 0.885. The van der Waals surface area contributed by atoms with Crippen LogP contribution in [-0.4, -0.2) is 27.7 Å². The Bertz CT molecular complexity index is 548. The van der Waals surface area contributed by atoms with Gasteiger partial charge in [-0.3, -0.25) is 0 Å². The number of likely N-dealkylation sites (N-methyl/N-ethyl adjacent to an activating group) is 2. The van der Waals surface area contributed by atoms with Crippen molar-refractivity contribution in [3.8, 4) is 5.75 Å². The molecule has 0 heterocycles.